The lowest BCUT2D eigenvalue weighted by Gasteiger charge is -2.03. The van der Waals surface area contributed by atoms with Gasteiger partial charge in [-0.2, -0.15) is 9.61 Å². The number of anilines is 1. The molecule has 0 saturated heterocycles. The molecule has 0 atom stereocenters. The Bertz CT molecular complexity index is 1050. The highest BCUT2D eigenvalue weighted by molar-refractivity contribution is 7.19. The number of furan rings is 1. The van der Waals surface area contributed by atoms with Crippen LogP contribution in [0, 0.1) is 10.1 Å². The Morgan fingerprint density at radius 2 is 2.04 bits per heavy atom. The molecule has 4 aromatic rings. The third-order valence-electron chi connectivity index (χ3n) is 3.27. The Balaban J connectivity index is 1.50. The van der Waals surface area contributed by atoms with E-state index in [0.29, 0.717) is 10.6 Å². The second-order valence-electron chi connectivity index (χ2n) is 4.89. The number of benzene rings is 1. The number of carbonyl (C=O) groups is 1. The highest BCUT2D eigenvalue weighted by Crippen LogP contribution is 2.26. The van der Waals surface area contributed by atoms with Gasteiger partial charge in [-0.3, -0.25) is 14.9 Å². The predicted molar refractivity (Wildman–Crippen MR) is 87.4 cm³/mol. The van der Waals surface area contributed by atoms with Crippen molar-refractivity contribution in [2.75, 3.05) is 5.32 Å². The van der Waals surface area contributed by atoms with Crippen molar-refractivity contribution in [2.45, 2.75) is 0 Å². The fourth-order valence-electron chi connectivity index (χ4n) is 2.11. The maximum atomic E-state index is 12.0. The Morgan fingerprint density at radius 3 is 2.72 bits per heavy atom. The molecule has 0 unspecified atom stereocenters. The minimum atomic E-state index is -0.702. The van der Waals surface area contributed by atoms with Crippen LogP contribution in [0.1, 0.15) is 10.6 Å². The Kier molecular flexibility index (Phi) is 3.47. The molecular formula is C14H8N6O4S. The molecule has 0 radical (unpaired) electrons. The van der Waals surface area contributed by atoms with E-state index >= 15 is 0 Å². The maximum Gasteiger partial charge on any atom is 0.433 e. The topological polar surface area (TPSA) is 128 Å². The number of hydrogen-bond donors (Lipinski definition) is 1. The van der Waals surface area contributed by atoms with E-state index in [0.717, 1.165) is 16.6 Å². The molecule has 0 saturated carbocycles. The lowest BCUT2D eigenvalue weighted by molar-refractivity contribution is -0.402. The fourth-order valence-corrected chi connectivity index (χ4v) is 2.94. The first kappa shape index (κ1) is 15.0. The number of aromatic nitrogens is 4. The zero-order valence-corrected chi connectivity index (χ0v) is 13.1. The van der Waals surface area contributed by atoms with E-state index in [4.69, 9.17) is 4.42 Å². The minimum Gasteiger partial charge on any atom is -0.395 e. The maximum absolute atomic E-state index is 12.0. The van der Waals surface area contributed by atoms with Crippen LogP contribution in [0.15, 0.2) is 47.1 Å². The fraction of sp³-hybridized carbons (Fsp3) is 0. The number of nitrogens with one attached hydrogen (secondary N) is 1. The molecule has 0 aliphatic heterocycles. The van der Waals surface area contributed by atoms with Gasteiger partial charge in [-0.15, -0.1) is 10.2 Å². The largest absolute Gasteiger partial charge is 0.433 e. The standard InChI is InChI=1S/C14H8N6O4S/c21-12(10-5-6-11(24-10)20(22)23)16-9-3-1-8(2-4-9)13-18-19-7-15-17-14(19)25-13/h1-7H,(H,16,21). The van der Waals surface area contributed by atoms with Gasteiger partial charge in [-0.05, 0) is 30.3 Å². The van der Waals surface area contributed by atoms with Crippen molar-refractivity contribution in [2.24, 2.45) is 0 Å². The molecule has 0 aliphatic carbocycles. The minimum absolute atomic E-state index is 0.135. The van der Waals surface area contributed by atoms with Crippen molar-refractivity contribution < 1.29 is 14.1 Å². The van der Waals surface area contributed by atoms with Crippen LogP contribution in [0.5, 0.6) is 0 Å². The first-order chi connectivity index (χ1) is 12.1. The van der Waals surface area contributed by atoms with Crippen molar-refractivity contribution in [1.29, 1.82) is 0 Å². The summed E-state index contributed by atoms with van der Waals surface area (Å²) in [5, 5.41) is 26.0. The summed E-state index contributed by atoms with van der Waals surface area (Å²) < 4.78 is 6.44. The van der Waals surface area contributed by atoms with E-state index in [-0.39, 0.29) is 5.76 Å². The number of nitro groups is 1. The van der Waals surface area contributed by atoms with Crippen LogP contribution in [-0.2, 0) is 0 Å². The van der Waals surface area contributed by atoms with Gasteiger partial charge >= 0.3 is 5.88 Å². The van der Waals surface area contributed by atoms with Crippen molar-refractivity contribution >= 4 is 33.8 Å². The average Bonchev–Trinajstić information content (AvgIpc) is 3.31. The van der Waals surface area contributed by atoms with Gasteiger partial charge in [0, 0.05) is 11.3 Å². The zero-order valence-electron chi connectivity index (χ0n) is 12.3. The molecule has 1 amide bonds. The summed E-state index contributed by atoms with van der Waals surface area (Å²) in [5.74, 6) is -1.19. The summed E-state index contributed by atoms with van der Waals surface area (Å²) in [6, 6.07) is 9.38. The van der Waals surface area contributed by atoms with Crippen LogP contribution in [0.2, 0.25) is 0 Å². The molecule has 1 aromatic carbocycles. The highest BCUT2D eigenvalue weighted by Gasteiger charge is 2.17. The summed E-state index contributed by atoms with van der Waals surface area (Å²) in [6.45, 7) is 0. The van der Waals surface area contributed by atoms with Crippen LogP contribution in [0.4, 0.5) is 11.6 Å². The third-order valence-corrected chi connectivity index (χ3v) is 4.23. The smallest absolute Gasteiger partial charge is 0.395 e. The first-order valence-electron chi connectivity index (χ1n) is 6.93. The van der Waals surface area contributed by atoms with E-state index < -0.39 is 16.7 Å². The lowest BCUT2D eigenvalue weighted by Crippen LogP contribution is -2.10. The van der Waals surface area contributed by atoms with Gasteiger partial charge in [-0.1, -0.05) is 11.3 Å². The molecule has 3 aromatic heterocycles. The molecule has 124 valence electrons. The van der Waals surface area contributed by atoms with Gasteiger partial charge in [0.2, 0.25) is 4.96 Å². The summed E-state index contributed by atoms with van der Waals surface area (Å²) in [4.78, 5) is 22.6. The van der Waals surface area contributed by atoms with E-state index in [1.165, 1.54) is 23.7 Å². The number of hydrogen-bond acceptors (Lipinski definition) is 8. The number of rotatable bonds is 4. The molecule has 0 aliphatic rings. The molecular weight excluding hydrogens is 348 g/mol. The van der Waals surface area contributed by atoms with E-state index in [1.54, 1.807) is 28.8 Å². The molecule has 1 N–H and O–H groups in total. The first-order valence-corrected chi connectivity index (χ1v) is 7.75. The predicted octanol–water partition coefficient (Wildman–Crippen LogP) is 2.61. The lowest BCUT2D eigenvalue weighted by atomic mass is 10.2. The number of fused-ring (bicyclic) bond motifs is 1. The monoisotopic (exact) mass is 356 g/mol. The SMILES string of the molecule is O=C(Nc1ccc(-c2nn3cnnc3s2)cc1)c1ccc([N+](=O)[O-])o1. The second kappa shape index (κ2) is 5.79. The molecule has 4 rings (SSSR count). The summed E-state index contributed by atoms with van der Waals surface area (Å²) in [6.07, 6.45) is 1.52. The van der Waals surface area contributed by atoms with E-state index in [2.05, 4.69) is 20.6 Å². The van der Waals surface area contributed by atoms with Gasteiger partial charge in [0.15, 0.2) is 5.76 Å². The molecule has 25 heavy (non-hydrogen) atoms. The second-order valence-corrected chi connectivity index (χ2v) is 5.85. The van der Waals surface area contributed by atoms with Crippen molar-refractivity contribution in [3.63, 3.8) is 0 Å². The van der Waals surface area contributed by atoms with E-state index in [9.17, 15) is 14.9 Å². The molecule has 10 nitrogen and oxygen atoms in total. The quantitative estimate of drug-likeness (QED) is 0.439. The van der Waals surface area contributed by atoms with Crippen molar-refractivity contribution in [3.05, 3.63) is 58.6 Å². The van der Waals surface area contributed by atoms with Crippen molar-refractivity contribution in [3.8, 4) is 10.6 Å². The number of carbonyl (C=O) groups excluding carboxylic acids is 1. The average molecular weight is 356 g/mol. The van der Waals surface area contributed by atoms with Crippen molar-refractivity contribution in [1.82, 2.24) is 19.8 Å². The number of amides is 1. The van der Waals surface area contributed by atoms with Crippen LogP contribution >= 0.6 is 11.3 Å². The van der Waals surface area contributed by atoms with Crippen LogP contribution in [0.3, 0.4) is 0 Å². The molecule has 11 heteroatoms. The van der Waals surface area contributed by atoms with Gasteiger partial charge in [-0.25, -0.2) is 0 Å². The Morgan fingerprint density at radius 1 is 1.24 bits per heavy atom. The van der Waals surface area contributed by atoms with Gasteiger partial charge in [0.1, 0.15) is 16.3 Å². The van der Waals surface area contributed by atoms with Crippen LogP contribution in [0.25, 0.3) is 15.5 Å². The van der Waals surface area contributed by atoms with Gasteiger partial charge < -0.3 is 9.73 Å². The Hall–Kier alpha value is -3.60. The van der Waals surface area contributed by atoms with E-state index in [1.807, 2.05) is 0 Å². The van der Waals surface area contributed by atoms with Gasteiger partial charge in [0.05, 0.1) is 6.07 Å². The normalized spacial score (nSPS) is 10.9. The number of nitrogens with zero attached hydrogens (tertiary/aromatic N) is 5. The van der Waals surface area contributed by atoms with Crippen LogP contribution < -0.4 is 5.32 Å². The molecule has 0 fully saturated rings. The third kappa shape index (κ3) is 2.83. The molecule has 0 spiro atoms. The Labute approximate surface area is 142 Å². The van der Waals surface area contributed by atoms with Gasteiger partial charge in [0.25, 0.3) is 5.91 Å². The zero-order chi connectivity index (χ0) is 17.4. The summed E-state index contributed by atoms with van der Waals surface area (Å²) in [7, 11) is 0. The van der Waals surface area contributed by atoms with Crippen LogP contribution in [-0.4, -0.2) is 30.6 Å². The molecule has 3 heterocycles. The summed E-state index contributed by atoms with van der Waals surface area (Å²) in [5.41, 5.74) is 1.39. The molecule has 0 bridgehead atoms. The highest BCUT2D eigenvalue weighted by atomic mass is 32.1. The summed E-state index contributed by atoms with van der Waals surface area (Å²) >= 11 is 1.39.